The number of rotatable bonds is 5. The number of benzene rings is 1. The summed E-state index contributed by atoms with van der Waals surface area (Å²) in [4.78, 5) is 13.3. The van der Waals surface area contributed by atoms with Gasteiger partial charge in [0.2, 0.25) is 15.9 Å². The molecule has 0 unspecified atom stereocenters. The lowest BCUT2D eigenvalue weighted by Crippen LogP contribution is -2.46. The number of nitrogens with one attached hydrogen (secondary N) is 1. The molecule has 2 rings (SSSR count). The van der Waals surface area contributed by atoms with Crippen LogP contribution in [0.4, 0.5) is 0 Å². The normalized spacial score (nSPS) is 17.4. The summed E-state index contributed by atoms with van der Waals surface area (Å²) in [5, 5.41) is 0. The molecule has 1 amide bonds. The van der Waals surface area contributed by atoms with Crippen molar-refractivity contribution in [2.45, 2.75) is 63.8 Å². The van der Waals surface area contributed by atoms with Crippen LogP contribution in [0.2, 0.25) is 0 Å². The van der Waals surface area contributed by atoms with Gasteiger partial charge in [-0.05, 0) is 48.8 Å². The molecule has 0 radical (unpaired) electrons. The summed E-state index contributed by atoms with van der Waals surface area (Å²) in [7, 11) is -3.58. The van der Waals surface area contributed by atoms with Crippen molar-refractivity contribution >= 4 is 15.9 Å². The summed E-state index contributed by atoms with van der Waals surface area (Å²) in [6.07, 6.45) is 1.34. The first kappa shape index (κ1) is 20.9. The van der Waals surface area contributed by atoms with Gasteiger partial charge in [0, 0.05) is 19.1 Å². The van der Waals surface area contributed by atoms with Crippen LogP contribution in [0.25, 0.3) is 0 Å². The van der Waals surface area contributed by atoms with E-state index in [0.29, 0.717) is 30.8 Å². The lowest BCUT2D eigenvalue weighted by atomic mass is 9.85. The maximum absolute atomic E-state index is 13.0. The minimum absolute atomic E-state index is 0.0293. The number of likely N-dealkylation sites (tertiary alicyclic amines) is 1. The Morgan fingerprint density at radius 1 is 1.19 bits per heavy atom. The van der Waals surface area contributed by atoms with E-state index in [9.17, 15) is 13.2 Å². The topological polar surface area (TPSA) is 92.5 Å². The predicted molar refractivity (Wildman–Crippen MR) is 104 cm³/mol. The second-order valence-electron chi connectivity index (χ2n) is 8.33. The van der Waals surface area contributed by atoms with Gasteiger partial charge in [-0.25, -0.2) is 13.1 Å². The fourth-order valence-electron chi connectivity index (χ4n) is 3.51. The Kier molecular flexibility index (Phi) is 6.15. The Morgan fingerprint density at radius 2 is 1.69 bits per heavy atom. The number of hydrogen-bond acceptors (Lipinski definition) is 4. The molecule has 0 aliphatic carbocycles. The van der Waals surface area contributed by atoms with Gasteiger partial charge in [-0.3, -0.25) is 9.69 Å². The quantitative estimate of drug-likeness (QED) is 0.814. The molecule has 3 N–H and O–H groups in total. The highest BCUT2D eigenvalue weighted by molar-refractivity contribution is 7.89. The van der Waals surface area contributed by atoms with Crippen LogP contribution in [0, 0.1) is 13.8 Å². The molecular weight excluding hydrogens is 350 g/mol. The van der Waals surface area contributed by atoms with Crippen molar-refractivity contribution in [2.24, 2.45) is 5.73 Å². The highest BCUT2D eigenvalue weighted by Crippen LogP contribution is 2.29. The minimum Gasteiger partial charge on any atom is -0.369 e. The number of piperidine rings is 1. The summed E-state index contributed by atoms with van der Waals surface area (Å²) in [6, 6.07) is 3.82. The van der Waals surface area contributed by atoms with E-state index in [-0.39, 0.29) is 23.9 Å². The largest absolute Gasteiger partial charge is 0.369 e. The predicted octanol–water partition coefficient (Wildman–Crippen LogP) is 1.83. The molecule has 1 saturated heterocycles. The van der Waals surface area contributed by atoms with Crippen LogP contribution >= 0.6 is 0 Å². The second kappa shape index (κ2) is 7.66. The third-order valence-corrected chi connectivity index (χ3v) is 6.71. The lowest BCUT2D eigenvalue weighted by Gasteiger charge is -2.31. The van der Waals surface area contributed by atoms with E-state index in [0.717, 1.165) is 16.7 Å². The van der Waals surface area contributed by atoms with Crippen LogP contribution in [0.15, 0.2) is 17.0 Å². The maximum Gasteiger partial charge on any atom is 0.241 e. The highest BCUT2D eigenvalue weighted by Gasteiger charge is 2.28. The van der Waals surface area contributed by atoms with Gasteiger partial charge in [0.05, 0.1) is 11.4 Å². The fourth-order valence-corrected chi connectivity index (χ4v) is 5.27. The highest BCUT2D eigenvalue weighted by atomic mass is 32.2. The molecule has 1 aliphatic heterocycles. The Balaban J connectivity index is 2.15. The third-order valence-electron chi connectivity index (χ3n) is 4.88. The van der Waals surface area contributed by atoms with Crippen LogP contribution in [-0.2, 0) is 20.2 Å². The summed E-state index contributed by atoms with van der Waals surface area (Å²) in [6.45, 7) is 11.6. The molecule has 1 aromatic rings. The number of carbonyl (C=O) groups is 1. The first-order chi connectivity index (χ1) is 11.9. The van der Waals surface area contributed by atoms with Crippen molar-refractivity contribution in [3.63, 3.8) is 0 Å². The van der Waals surface area contributed by atoms with Gasteiger partial charge in [0.25, 0.3) is 0 Å². The Hall–Kier alpha value is -1.44. The molecule has 1 fully saturated rings. The molecule has 26 heavy (non-hydrogen) atoms. The van der Waals surface area contributed by atoms with Gasteiger partial charge in [-0.15, -0.1) is 0 Å². The number of hydrogen-bond donors (Lipinski definition) is 2. The zero-order chi connectivity index (χ0) is 19.7. The molecule has 0 saturated carbocycles. The monoisotopic (exact) mass is 381 g/mol. The number of nitrogens with zero attached hydrogens (tertiary/aromatic N) is 1. The van der Waals surface area contributed by atoms with Crippen molar-refractivity contribution in [3.8, 4) is 0 Å². The van der Waals surface area contributed by atoms with E-state index in [2.05, 4.69) is 25.5 Å². The van der Waals surface area contributed by atoms with Crippen LogP contribution in [0.3, 0.4) is 0 Å². The number of carbonyl (C=O) groups excluding carboxylic acids is 1. The summed E-state index contributed by atoms with van der Waals surface area (Å²) in [5.74, 6) is -0.353. The van der Waals surface area contributed by atoms with Gasteiger partial charge in [-0.2, -0.15) is 0 Å². The fraction of sp³-hybridized carbons (Fsp3) is 0.632. The van der Waals surface area contributed by atoms with Gasteiger partial charge >= 0.3 is 0 Å². The number of nitrogens with two attached hydrogens (primary N) is 1. The van der Waals surface area contributed by atoms with Crippen LogP contribution in [0.1, 0.15) is 50.3 Å². The van der Waals surface area contributed by atoms with Crippen molar-refractivity contribution in [1.29, 1.82) is 0 Å². The smallest absolute Gasteiger partial charge is 0.241 e. The molecule has 0 spiro atoms. The molecule has 6 nitrogen and oxygen atoms in total. The number of primary amides is 1. The maximum atomic E-state index is 13.0. The molecule has 1 aliphatic rings. The SMILES string of the molecule is Cc1cc(C(C)(C)C)cc(C)c1S(=O)(=O)NC1CCN(CC(N)=O)CC1. The summed E-state index contributed by atoms with van der Waals surface area (Å²) < 4.78 is 28.8. The molecule has 7 heteroatoms. The first-order valence-electron chi connectivity index (χ1n) is 9.05. The van der Waals surface area contributed by atoms with E-state index in [4.69, 9.17) is 5.73 Å². The number of aryl methyl sites for hydroxylation is 2. The van der Waals surface area contributed by atoms with Gasteiger partial charge < -0.3 is 5.73 Å². The van der Waals surface area contributed by atoms with Crippen LogP contribution in [0.5, 0.6) is 0 Å². The van der Waals surface area contributed by atoms with E-state index in [1.165, 1.54) is 0 Å². The van der Waals surface area contributed by atoms with Crippen LogP contribution in [-0.4, -0.2) is 44.9 Å². The Morgan fingerprint density at radius 3 is 2.12 bits per heavy atom. The molecule has 0 aromatic heterocycles. The van der Waals surface area contributed by atoms with E-state index < -0.39 is 10.0 Å². The van der Waals surface area contributed by atoms with Gasteiger partial charge in [0.15, 0.2) is 0 Å². The lowest BCUT2D eigenvalue weighted by molar-refractivity contribution is -0.119. The average molecular weight is 382 g/mol. The molecule has 0 bridgehead atoms. The Bertz CT molecular complexity index is 751. The Labute approximate surface area is 157 Å². The van der Waals surface area contributed by atoms with Gasteiger partial charge in [0.1, 0.15) is 0 Å². The van der Waals surface area contributed by atoms with Crippen LogP contribution < -0.4 is 10.5 Å². The summed E-state index contributed by atoms with van der Waals surface area (Å²) >= 11 is 0. The van der Waals surface area contributed by atoms with Crippen molar-refractivity contribution in [1.82, 2.24) is 9.62 Å². The van der Waals surface area contributed by atoms with E-state index in [1.807, 2.05) is 30.9 Å². The number of sulfonamides is 1. The molecule has 1 heterocycles. The van der Waals surface area contributed by atoms with Crippen molar-refractivity contribution in [2.75, 3.05) is 19.6 Å². The average Bonchev–Trinajstić information content (AvgIpc) is 2.46. The summed E-state index contributed by atoms with van der Waals surface area (Å²) in [5.41, 5.74) is 7.86. The second-order valence-corrected chi connectivity index (χ2v) is 9.98. The number of amides is 1. The molecule has 146 valence electrons. The van der Waals surface area contributed by atoms with Gasteiger partial charge in [-0.1, -0.05) is 32.9 Å². The van der Waals surface area contributed by atoms with E-state index in [1.54, 1.807) is 0 Å². The molecule has 0 atom stereocenters. The van der Waals surface area contributed by atoms with Crippen molar-refractivity contribution < 1.29 is 13.2 Å². The third kappa shape index (κ3) is 5.05. The zero-order valence-electron chi connectivity index (χ0n) is 16.4. The van der Waals surface area contributed by atoms with E-state index >= 15 is 0 Å². The standard InChI is InChI=1S/C19H31N3O3S/c1-13-10-15(19(3,4)5)11-14(2)18(13)26(24,25)21-16-6-8-22(9-7-16)12-17(20)23/h10-11,16,21H,6-9,12H2,1-5H3,(H2,20,23). The first-order valence-corrected chi connectivity index (χ1v) is 10.5. The zero-order valence-corrected chi connectivity index (χ0v) is 17.2. The molecular formula is C19H31N3O3S. The van der Waals surface area contributed by atoms with Crippen molar-refractivity contribution in [3.05, 3.63) is 28.8 Å². The molecule has 1 aromatic carbocycles. The minimum atomic E-state index is -3.58.